The first-order valence-corrected chi connectivity index (χ1v) is 9.08. The van der Waals surface area contributed by atoms with Crippen LogP contribution in [0.5, 0.6) is 0 Å². The van der Waals surface area contributed by atoms with Crippen molar-refractivity contribution in [3.05, 3.63) is 67.3 Å². The molecule has 0 unspecified atom stereocenters. The molecule has 2 aromatic rings. The molecule has 0 aliphatic carbocycles. The van der Waals surface area contributed by atoms with Crippen LogP contribution in [0, 0.1) is 62.3 Å². The van der Waals surface area contributed by atoms with Gasteiger partial charge in [0, 0.05) is 5.41 Å². The first-order chi connectivity index (χ1) is 10.9. The second-order valence-electron chi connectivity index (χ2n) is 8.24. The predicted molar refractivity (Wildman–Crippen MR) is 108 cm³/mol. The van der Waals surface area contributed by atoms with Crippen LogP contribution in [0.15, 0.2) is 6.07 Å². The Morgan fingerprint density at radius 3 is 1.33 bits per heavy atom. The highest BCUT2D eigenvalue weighted by molar-refractivity contribution is 5.58. The lowest BCUT2D eigenvalue weighted by atomic mass is 9.69. The zero-order valence-electron chi connectivity index (χ0n) is 17.6. The highest BCUT2D eigenvalue weighted by Gasteiger charge is 2.31. The van der Waals surface area contributed by atoms with Gasteiger partial charge < -0.3 is 0 Å². The van der Waals surface area contributed by atoms with Gasteiger partial charge in [-0.1, -0.05) is 19.9 Å². The summed E-state index contributed by atoms with van der Waals surface area (Å²) in [5.74, 6) is 0. The zero-order chi connectivity index (χ0) is 18.6. The Labute approximate surface area is 149 Å². The minimum atomic E-state index is 0.00465. The maximum atomic E-state index is 2.42. The van der Waals surface area contributed by atoms with E-state index in [0.29, 0.717) is 0 Å². The van der Waals surface area contributed by atoms with Crippen LogP contribution in [0.1, 0.15) is 75.0 Å². The van der Waals surface area contributed by atoms with Gasteiger partial charge in [-0.25, -0.2) is 0 Å². The minimum Gasteiger partial charge on any atom is -0.0547 e. The fraction of sp³-hybridized carbons (Fsp3) is 0.500. The molecule has 0 radical (unpaired) electrons. The fourth-order valence-corrected chi connectivity index (χ4v) is 4.43. The molecule has 0 nitrogen and oxygen atoms in total. The third-order valence-electron chi connectivity index (χ3n) is 6.78. The average Bonchev–Trinajstić information content (AvgIpc) is 2.52. The molecular formula is C24H34. The van der Waals surface area contributed by atoms with Crippen molar-refractivity contribution in [2.75, 3.05) is 0 Å². The van der Waals surface area contributed by atoms with Crippen LogP contribution >= 0.6 is 0 Å². The van der Waals surface area contributed by atoms with E-state index in [-0.39, 0.29) is 5.41 Å². The fourth-order valence-electron chi connectivity index (χ4n) is 4.43. The quantitative estimate of drug-likeness (QED) is 0.571. The van der Waals surface area contributed by atoms with E-state index in [9.17, 15) is 0 Å². The van der Waals surface area contributed by atoms with Gasteiger partial charge in [0.2, 0.25) is 0 Å². The van der Waals surface area contributed by atoms with Gasteiger partial charge in [-0.05, 0) is 124 Å². The van der Waals surface area contributed by atoms with E-state index in [1.165, 1.54) is 61.2 Å². The number of hydrogen-bond donors (Lipinski definition) is 0. The van der Waals surface area contributed by atoms with Crippen molar-refractivity contribution in [1.29, 1.82) is 0 Å². The molecular weight excluding hydrogens is 288 g/mol. The van der Waals surface area contributed by atoms with E-state index in [1.54, 1.807) is 0 Å². The van der Waals surface area contributed by atoms with Gasteiger partial charge in [0.15, 0.2) is 0 Å². The standard InChI is InChI=1S/C24H34/c1-13-12-22(19(7)15(3)14(13)2)24(10,11)23-20(8)17(5)16(4)18(6)21(23)9/h12H,1-11H3. The second kappa shape index (κ2) is 6.06. The second-order valence-corrected chi connectivity index (χ2v) is 8.24. The van der Waals surface area contributed by atoms with Crippen LogP contribution in [0.2, 0.25) is 0 Å². The molecule has 0 amide bonds. The lowest BCUT2D eigenvalue weighted by Crippen LogP contribution is -2.25. The SMILES string of the molecule is Cc1cc(C(C)(C)c2c(C)c(C)c(C)c(C)c2C)c(C)c(C)c1C. The highest BCUT2D eigenvalue weighted by atomic mass is 14.3. The predicted octanol–water partition coefficient (Wildman–Crippen LogP) is 6.79. The summed E-state index contributed by atoms with van der Waals surface area (Å²) >= 11 is 0. The van der Waals surface area contributed by atoms with Crippen LogP contribution in [0.3, 0.4) is 0 Å². The van der Waals surface area contributed by atoms with Gasteiger partial charge in [0.05, 0.1) is 0 Å². The first-order valence-electron chi connectivity index (χ1n) is 9.08. The summed E-state index contributed by atoms with van der Waals surface area (Å²) in [5, 5.41) is 0. The molecule has 2 rings (SSSR count). The third-order valence-corrected chi connectivity index (χ3v) is 6.78. The van der Waals surface area contributed by atoms with Gasteiger partial charge in [-0.3, -0.25) is 0 Å². The molecule has 0 aliphatic rings. The van der Waals surface area contributed by atoms with Gasteiger partial charge in [-0.15, -0.1) is 0 Å². The van der Waals surface area contributed by atoms with E-state index in [1.807, 2.05) is 0 Å². The van der Waals surface area contributed by atoms with E-state index in [0.717, 1.165) is 0 Å². The molecule has 0 N–H and O–H groups in total. The van der Waals surface area contributed by atoms with Crippen molar-refractivity contribution in [2.24, 2.45) is 0 Å². The number of rotatable bonds is 2. The molecule has 0 aromatic heterocycles. The Hall–Kier alpha value is -1.56. The molecule has 0 heterocycles. The maximum absolute atomic E-state index is 2.42. The van der Waals surface area contributed by atoms with Crippen LogP contribution in [0.25, 0.3) is 0 Å². The number of hydrogen-bond acceptors (Lipinski definition) is 0. The van der Waals surface area contributed by atoms with Crippen LogP contribution < -0.4 is 0 Å². The molecule has 130 valence electrons. The topological polar surface area (TPSA) is 0 Å². The lowest BCUT2D eigenvalue weighted by Gasteiger charge is -2.34. The molecule has 0 atom stereocenters. The molecule has 0 spiro atoms. The Balaban J connectivity index is 2.88. The highest BCUT2D eigenvalue weighted by Crippen LogP contribution is 2.41. The average molecular weight is 323 g/mol. The van der Waals surface area contributed by atoms with Crippen molar-refractivity contribution in [2.45, 2.75) is 81.6 Å². The van der Waals surface area contributed by atoms with Crippen molar-refractivity contribution < 1.29 is 0 Å². The van der Waals surface area contributed by atoms with Crippen LogP contribution in [-0.2, 0) is 5.41 Å². The molecule has 0 aliphatic heterocycles. The normalized spacial score (nSPS) is 12.0. The molecule has 24 heavy (non-hydrogen) atoms. The molecule has 0 saturated carbocycles. The summed E-state index contributed by atoms with van der Waals surface area (Å²) < 4.78 is 0. The monoisotopic (exact) mass is 322 g/mol. The van der Waals surface area contributed by atoms with Crippen molar-refractivity contribution in [3.8, 4) is 0 Å². The Morgan fingerprint density at radius 2 is 0.875 bits per heavy atom. The van der Waals surface area contributed by atoms with Crippen molar-refractivity contribution in [1.82, 2.24) is 0 Å². The Morgan fingerprint density at radius 1 is 0.500 bits per heavy atom. The summed E-state index contributed by atoms with van der Waals surface area (Å²) in [6.07, 6.45) is 0. The summed E-state index contributed by atoms with van der Waals surface area (Å²) in [4.78, 5) is 0. The van der Waals surface area contributed by atoms with E-state index < -0.39 is 0 Å². The molecule has 0 heteroatoms. The zero-order valence-corrected chi connectivity index (χ0v) is 17.6. The molecule has 2 aromatic carbocycles. The summed E-state index contributed by atoms with van der Waals surface area (Å²) in [6, 6.07) is 2.42. The maximum Gasteiger partial charge on any atom is 0.0154 e. The van der Waals surface area contributed by atoms with Crippen molar-refractivity contribution >= 4 is 0 Å². The van der Waals surface area contributed by atoms with Gasteiger partial charge in [-0.2, -0.15) is 0 Å². The van der Waals surface area contributed by atoms with Gasteiger partial charge in [0.25, 0.3) is 0 Å². The summed E-state index contributed by atoms with van der Waals surface area (Å²) in [5.41, 5.74) is 15.9. The third kappa shape index (κ3) is 2.61. The van der Waals surface area contributed by atoms with Crippen molar-refractivity contribution in [3.63, 3.8) is 0 Å². The molecule has 0 bridgehead atoms. The number of benzene rings is 2. The number of aryl methyl sites for hydroxylation is 1. The molecule has 0 saturated heterocycles. The lowest BCUT2D eigenvalue weighted by molar-refractivity contribution is 0.622. The smallest absolute Gasteiger partial charge is 0.0154 e. The van der Waals surface area contributed by atoms with Gasteiger partial charge >= 0.3 is 0 Å². The summed E-state index contributed by atoms with van der Waals surface area (Å²) in [7, 11) is 0. The summed E-state index contributed by atoms with van der Waals surface area (Å²) in [6.45, 7) is 25.2. The van der Waals surface area contributed by atoms with Crippen LogP contribution in [0.4, 0.5) is 0 Å². The van der Waals surface area contributed by atoms with Crippen LogP contribution in [-0.4, -0.2) is 0 Å². The first kappa shape index (κ1) is 18.8. The largest absolute Gasteiger partial charge is 0.0547 e. The minimum absolute atomic E-state index is 0.00465. The molecule has 0 fully saturated rings. The Bertz CT molecular complexity index is 788. The van der Waals surface area contributed by atoms with E-state index in [2.05, 4.69) is 82.2 Å². The van der Waals surface area contributed by atoms with Gasteiger partial charge in [0.1, 0.15) is 0 Å². The Kier molecular flexibility index (Phi) is 4.74. The van der Waals surface area contributed by atoms with E-state index in [4.69, 9.17) is 0 Å². The van der Waals surface area contributed by atoms with E-state index >= 15 is 0 Å².